The van der Waals surface area contributed by atoms with Crippen LogP contribution in [0.2, 0.25) is 0 Å². The van der Waals surface area contributed by atoms with E-state index in [1.807, 2.05) is 0 Å². The molecule has 0 fully saturated rings. The molecule has 120 valence electrons. The fraction of sp³-hybridized carbons (Fsp3) is 0.385. The topological polar surface area (TPSA) is 125 Å². The maximum absolute atomic E-state index is 11.6. The van der Waals surface area contributed by atoms with E-state index in [2.05, 4.69) is 0 Å². The molecule has 9 nitrogen and oxygen atoms in total. The largest absolute Gasteiger partial charge is 0.443 e. The number of hydrogen-bond donors (Lipinski definition) is 1. The lowest BCUT2D eigenvalue weighted by molar-refractivity contribution is -0.384. The maximum atomic E-state index is 11.6. The number of carbonyl (C=O) groups is 2. The van der Waals surface area contributed by atoms with Gasteiger partial charge in [0.25, 0.3) is 5.69 Å². The van der Waals surface area contributed by atoms with Crippen molar-refractivity contribution in [3.63, 3.8) is 0 Å². The Balaban J connectivity index is 2.55. The number of hydrogen-bond acceptors (Lipinski definition) is 7. The minimum absolute atomic E-state index is 0.105. The molecule has 0 saturated heterocycles. The van der Waals surface area contributed by atoms with Crippen LogP contribution in [0.3, 0.4) is 0 Å². The normalized spacial score (nSPS) is 10.7. The molecule has 1 aromatic rings. The van der Waals surface area contributed by atoms with Crippen molar-refractivity contribution in [2.75, 3.05) is 6.54 Å². The molecule has 9 heteroatoms. The summed E-state index contributed by atoms with van der Waals surface area (Å²) in [5.74, 6) is 4.71. The SMILES string of the molecule is CC(C)(C)OC(=O)N(N)CC(=O)Oc1ccc([N+](=O)[O-])cc1. The van der Waals surface area contributed by atoms with E-state index in [1.54, 1.807) is 20.8 Å². The van der Waals surface area contributed by atoms with Crippen molar-refractivity contribution < 1.29 is 24.0 Å². The average molecular weight is 311 g/mol. The summed E-state index contributed by atoms with van der Waals surface area (Å²) in [5, 5.41) is 11.1. The second kappa shape index (κ2) is 6.85. The molecule has 0 aliphatic heterocycles. The van der Waals surface area contributed by atoms with E-state index >= 15 is 0 Å². The average Bonchev–Trinajstić information content (AvgIpc) is 2.37. The van der Waals surface area contributed by atoms with Gasteiger partial charge in [0.15, 0.2) is 0 Å². The van der Waals surface area contributed by atoms with Gasteiger partial charge in [0, 0.05) is 12.1 Å². The van der Waals surface area contributed by atoms with Crippen LogP contribution < -0.4 is 10.6 Å². The van der Waals surface area contributed by atoms with Gasteiger partial charge in [-0.2, -0.15) is 0 Å². The van der Waals surface area contributed by atoms with Gasteiger partial charge in [-0.1, -0.05) is 0 Å². The summed E-state index contributed by atoms with van der Waals surface area (Å²) in [6, 6.07) is 4.92. The van der Waals surface area contributed by atoms with Gasteiger partial charge in [0.05, 0.1) is 4.92 Å². The van der Waals surface area contributed by atoms with E-state index < -0.39 is 29.1 Å². The lowest BCUT2D eigenvalue weighted by atomic mass is 10.2. The number of non-ortho nitro benzene ring substituents is 1. The summed E-state index contributed by atoms with van der Waals surface area (Å²) >= 11 is 0. The van der Waals surface area contributed by atoms with Gasteiger partial charge >= 0.3 is 12.1 Å². The van der Waals surface area contributed by atoms with Gasteiger partial charge in [-0.15, -0.1) is 0 Å². The standard InChI is InChI=1S/C13H17N3O6/c1-13(2,3)22-12(18)15(14)8-11(17)21-10-6-4-9(5-7-10)16(19)20/h4-7H,8,14H2,1-3H3. The second-order valence-corrected chi connectivity index (χ2v) is 5.33. The van der Waals surface area contributed by atoms with Crippen molar-refractivity contribution in [3.05, 3.63) is 34.4 Å². The number of benzene rings is 1. The molecule has 1 amide bonds. The Labute approximate surface area is 126 Å². The first-order chi connectivity index (χ1) is 10.1. The summed E-state index contributed by atoms with van der Waals surface area (Å²) in [4.78, 5) is 33.1. The minimum atomic E-state index is -0.867. The first-order valence-electron chi connectivity index (χ1n) is 6.29. The van der Waals surface area contributed by atoms with E-state index in [0.717, 1.165) is 0 Å². The number of nitro groups is 1. The van der Waals surface area contributed by atoms with E-state index in [4.69, 9.17) is 15.3 Å². The number of nitro benzene ring substituents is 1. The third-order valence-electron chi connectivity index (χ3n) is 2.21. The van der Waals surface area contributed by atoms with Crippen LogP contribution in [0.15, 0.2) is 24.3 Å². The molecule has 0 aliphatic carbocycles. The molecule has 0 saturated carbocycles. The number of esters is 1. The van der Waals surface area contributed by atoms with Gasteiger partial charge in [-0.25, -0.2) is 20.4 Å². The Morgan fingerprint density at radius 3 is 2.27 bits per heavy atom. The van der Waals surface area contributed by atoms with Crippen molar-refractivity contribution in [3.8, 4) is 5.75 Å². The van der Waals surface area contributed by atoms with Crippen LogP contribution in [-0.4, -0.2) is 34.1 Å². The molecule has 0 spiro atoms. The van der Waals surface area contributed by atoms with Crippen LogP contribution in [-0.2, 0) is 9.53 Å². The molecule has 0 radical (unpaired) electrons. The van der Waals surface area contributed by atoms with Gasteiger partial charge in [-0.05, 0) is 32.9 Å². The zero-order valence-electron chi connectivity index (χ0n) is 12.4. The fourth-order valence-electron chi connectivity index (χ4n) is 1.32. The number of ether oxygens (including phenoxy) is 2. The first kappa shape index (κ1) is 17.4. The second-order valence-electron chi connectivity index (χ2n) is 5.33. The summed E-state index contributed by atoms with van der Waals surface area (Å²) < 4.78 is 9.88. The third-order valence-corrected chi connectivity index (χ3v) is 2.21. The molecular weight excluding hydrogens is 294 g/mol. The number of amides is 1. The number of nitrogens with two attached hydrogens (primary N) is 1. The van der Waals surface area contributed by atoms with Gasteiger partial charge in [0.2, 0.25) is 0 Å². The van der Waals surface area contributed by atoms with Crippen molar-refractivity contribution >= 4 is 17.7 Å². The van der Waals surface area contributed by atoms with Crippen molar-refractivity contribution in [1.82, 2.24) is 5.01 Å². The van der Waals surface area contributed by atoms with Crippen LogP contribution in [0.5, 0.6) is 5.75 Å². The first-order valence-corrected chi connectivity index (χ1v) is 6.29. The Hall–Kier alpha value is -2.68. The molecule has 1 aromatic carbocycles. The van der Waals surface area contributed by atoms with E-state index in [0.29, 0.717) is 5.01 Å². The van der Waals surface area contributed by atoms with Crippen LogP contribution in [0.4, 0.5) is 10.5 Å². The molecule has 1 rings (SSSR count). The molecule has 0 aromatic heterocycles. The van der Waals surface area contributed by atoms with Gasteiger partial charge in [-0.3, -0.25) is 10.1 Å². The highest BCUT2D eigenvalue weighted by molar-refractivity contribution is 5.79. The predicted molar refractivity (Wildman–Crippen MR) is 75.9 cm³/mol. The Morgan fingerprint density at radius 2 is 1.82 bits per heavy atom. The summed E-state index contributed by atoms with van der Waals surface area (Å²) in [6.45, 7) is 4.46. The predicted octanol–water partition coefficient (Wildman–Crippen LogP) is 1.61. The van der Waals surface area contributed by atoms with Crippen LogP contribution in [0.25, 0.3) is 0 Å². The number of hydrazine groups is 1. The third kappa shape index (κ3) is 5.75. The van der Waals surface area contributed by atoms with Crippen molar-refractivity contribution in [2.24, 2.45) is 5.84 Å². The molecular formula is C13H17N3O6. The van der Waals surface area contributed by atoms with Crippen LogP contribution >= 0.6 is 0 Å². The molecule has 0 atom stereocenters. The lowest BCUT2D eigenvalue weighted by Crippen LogP contribution is -2.45. The van der Waals surface area contributed by atoms with E-state index in [9.17, 15) is 19.7 Å². The van der Waals surface area contributed by atoms with Gasteiger partial charge < -0.3 is 9.47 Å². The Morgan fingerprint density at radius 1 is 1.27 bits per heavy atom. The maximum Gasteiger partial charge on any atom is 0.425 e. The minimum Gasteiger partial charge on any atom is -0.443 e. The summed E-state index contributed by atoms with van der Waals surface area (Å²) in [7, 11) is 0. The summed E-state index contributed by atoms with van der Waals surface area (Å²) in [5.41, 5.74) is -0.870. The number of rotatable bonds is 4. The molecule has 0 unspecified atom stereocenters. The van der Waals surface area contributed by atoms with E-state index in [-0.39, 0.29) is 11.4 Å². The smallest absolute Gasteiger partial charge is 0.425 e. The van der Waals surface area contributed by atoms with Crippen molar-refractivity contribution in [2.45, 2.75) is 26.4 Å². The number of carbonyl (C=O) groups excluding carboxylic acids is 2. The Bertz CT molecular complexity index is 564. The molecule has 0 heterocycles. The van der Waals surface area contributed by atoms with Crippen molar-refractivity contribution in [1.29, 1.82) is 0 Å². The van der Waals surface area contributed by atoms with Crippen LogP contribution in [0, 0.1) is 10.1 Å². The van der Waals surface area contributed by atoms with Gasteiger partial charge in [0.1, 0.15) is 17.9 Å². The van der Waals surface area contributed by atoms with E-state index in [1.165, 1.54) is 24.3 Å². The molecule has 2 N–H and O–H groups in total. The quantitative estimate of drug-likeness (QED) is 0.223. The zero-order chi connectivity index (χ0) is 16.9. The fourth-order valence-corrected chi connectivity index (χ4v) is 1.32. The Kier molecular flexibility index (Phi) is 5.41. The number of nitrogens with zero attached hydrogens (tertiary/aromatic N) is 2. The zero-order valence-corrected chi connectivity index (χ0v) is 12.4. The highest BCUT2D eigenvalue weighted by Gasteiger charge is 2.22. The molecule has 0 bridgehead atoms. The van der Waals surface area contributed by atoms with Crippen LogP contribution in [0.1, 0.15) is 20.8 Å². The lowest BCUT2D eigenvalue weighted by Gasteiger charge is -2.23. The highest BCUT2D eigenvalue weighted by Crippen LogP contribution is 2.17. The summed E-state index contributed by atoms with van der Waals surface area (Å²) in [6.07, 6.45) is -0.867. The molecule has 0 aliphatic rings. The molecule has 22 heavy (non-hydrogen) atoms. The monoisotopic (exact) mass is 311 g/mol. The highest BCUT2D eigenvalue weighted by atomic mass is 16.6.